The summed E-state index contributed by atoms with van der Waals surface area (Å²) in [6.07, 6.45) is 1.11. The predicted molar refractivity (Wildman–Crippen MR) is 89.2 cm³/mol. The summed E-state index contributed by atoms with van der Waals surface area (Å²) in [7, 11) is 0. The molecule has 5 nitrogen and oxygen atoms in total. The van der Waals surface area contributed by atoms with Gasteiger partial charge in [0.1, 0.15) is 5.01 Å². The largest absolute Gasteiger partial charge is 0.376 e. The summed E-state index contributed by atoms with van der Waals surface area (Å²) in [5.41, 5.74) is 1.09. The molecule has 0 aromatic carbocycles. The highest BCUT2D eigenvalue weighted by Crippen LogP contribution is 2.18. The van der Waals surface area contributed by atoms with Crippen LogP contribution in [-0.4, -0.2) is 41.7 Å². The fourth-order valence-corrected chi connectivity index (χ4v) is 3.21. The zero-order valence-corrected chi connectivity index (χ0v) is 14.8. The van der Waals surface area contributed by atoms with Crippen LogP contribution in [0.5, 0.6) is 0 Å². The number of carbonyl (C=O) groups excluding carboxylic acids is 1. The maximum Gasteiger partial charge on any atom is 0.317 e. The molecule has 0 bridgehead atoms. The topological polar surface area (TPSA) is 54.5 Å². The molecule has 1 saturated heterocycles. The molecule has 1 fully saturated rings. The Labute approximate surface area is 137 Å². The number of ether oxygens (including phenoxy) is 1. The van der Waals surface area contributed by atoms with Gasteiger partial charge in [-0.3, -0.25) is 0 Å². The Hall–Kier alpha value is -1.14. The molecule has 1 aromatic rings. The number of thiazole rings is 1. The van der Waals surface area contributed by atoms with E-state index in [9.17, 15) is 4.79 Å². The third kappa shape index (κ3) is 4.95. The summed E-state index contributed by atoms with van der Waals surface area (Å²) in [5, 5.41) is 5.99. The van der Waals surface area contributed by atoms with Crippen molar-refractivity contribution < 1.29 is 9.53 Å². The van der Waals surface area contributed by atoms with Crippen molar-refractivity contribution in [1.82, 2.24) is 15.2 Å². The van der Waals surface area contributed by atoms with Crippen molar-refractivity contribution in [3.8, 4) is 0 Å². The number of rotatable bonds is 6. The number of likely N-dealkylation sites (tertiary alicyclic amines) is 1. The minimum Gasteiger partial charge on any atom is -0.376 e. The molecule has 0 aliphatic carbocycles. The molecule has 1 unspecified atom stereocenters. The molecular formula is C16H27N3O2S. The van der Waals surface area contributed by atoms with E-state index in [1.54, 1.807) is 11.3 Å². The van der Waals surface area contributed by atoms with Crippen LogP contribution in [0, 0.1) is 5.92 Å². The first kappa shape index (κ1) is 17.2. The van der Waals surface area contributed by atoms with E-state index in [2.05, 4.69) is 43.4 Å². The maximum atomic E-state index is 12.2. The number of aromatic nitrogens is 1. The quantitative estimate of drug-likeness (QED) is 0.873. The van der Waals surface area contributed by atoms with E-state index < -0.39 is 0 Å². The lowest BCUT2D eigenvalue weighted by atomic mass is 10.2. The van der Waals surface area contributed by atoms with Gasteiger partial charge in [-0.05, 0) is 18.3 Å². The normalized spacial score (nSPS) is 18.5. The Kier molecular flexibility index (Phi) is 6.20. The lowest BCUT2D eigenvalue weighted by Gasteiger charge is -2.17. The van der Waals surface area contributed by atoms with Crippen LogP contribution in [0.2, 0.25) is 0 Å². The van der Waals surface area contributed by atoms with Crippen molar-refractivity contribution in [3.63, 3.8) is 0 Å². The summed E-state index contributed by atoms with van der Waals surface area (Å²) in [5.74, 6) is 0.959. The molecule has 2 rings (SSSR count). The third-order valence-electron chi connectivity index (χ3n) is 3.65. The van der Waals surface area contributed by atoms with Crippen LogP contribution in [-0.2, 0) is 11.3 Å². The van der Waals surface area contributed by atoms with Crippen LogP contribution in [0.15, 0.2) is 5.38 Å². The van der Waals surface area contributed by atoms with Crippen molar-refractivity contribution in [2.24, 2.45) is 5.92 Å². The van der Waals surface area contributed by atoms with Gasteiger partial charge >= 0.3 is 6.03 Å². The Morgan fingerprint density at radius 3 is 2.91 bits per heavy atom. The Morgan fingerprint density at radius 2 is 2.27 bits per heavy atom. The molecule has 2 amide bonds. The molecule has 2 heterocycles. The highest BCUT2D eigenvalue weighted by Gasteiger charge is 2.26. The predicted octanol–water partition coefficient (Wildman–Crippen LogP) is 3.22. The molecular weight excluding hydrogens is 298 g/mol. The molecule has 124 valence electrons. The zero-order valence-electron chi connectivity index (χ0n) is 14.0. The minimum absolute atomic E-state index is 0.0167. The summed E-state index contributed by atoms with van der Waals surface area (Å²) < 4.78 is 5.81. The highest BCUT2D eigenvalue weighted by atomic mass is 32.1. The van der Waals surface area contributed by atoms with Crippen molar-refractivity contribution >= 4 is 17.4 Å². The van der Waals surface area contributed by atoms with Crippen molar-refractivity contribution in [2.75, 3.05) is 19.7 Å². The van der Waals surface area contributed by atoms with Gasteiger partial charge in [0, 0.05) is 25.1 Å². The van der Waals surface area contributed by atoms with Gasteiger partial charge in [0.25, 0.3) is 0 Å². The van der Waals surface area contributed by atoms with Gasteiger partial charge in [-0.15, -0.1) is 11.3 Å². The average molecular weight is 325 g/mol. The standard InChI is InChI=1S/C16H27N3O2S/c1-11(2)9-21-13-5-6-19(8-13)16(20)17-7-15-18-14(10-22-15)12(3)4/h10-13H,5-9H2,1-4H3,(H,17,20). The number of urea groups is 1. The van der Waals surface area contributed by atoms with Crippen molar-refractivity contribution in [2.45, 2.75) is 52.7 Å². The van der Waals surface area contributed by atoms with Gasteiger partial charge in [-0.25, -0.2) is 9.78 Å². The second kappa shape index (κ2) is 7.92. The lowest BCUT2D eigenvalue weighted by molar-refractivity contribution is 0.0436. The first-order valence-electron chi connectivity index (χ1n) is 8.04. The molecule has 1 aliphatic heterocycles. The molecule has 1 N–H and O–H groups in total. The van der Waals surface area contributed by atoms with Crippen LogP contribution in [0.25, 0.3) is 0 Å². The third-order valence-corrected chi connectivity index (χ3v) is 4.52. The fraction of sp³-hybridized carbons (Fsp3) is 0.750. The molecule has 0 spiro atoms. The van der Waals surface area contributed by atoms with Crippen LogP contribution in [0.3, 0.4) is 0 Å². The van der Waals surface area contributed by atoms with Gasteiger partial charge in [0.05, 0.1) is 18.3 Å². The monoisotopic (exact) mass is 325 g/mol. The molecule has 1 aromatic heterocycles. The number of hydrogen-bond acceptors (Lipinski definition) is 4. The number of carbonyl (C=O) groups is 1. The van der Waals surface area contributed by atoms with E-state index in [0.717, 1.165) is 30.3 Å². The number of nitrogens with zero attached hydrogens (tertiary/aromatic N) is 2. The van der Waals surface area contributed by atoms with Crippen LogP contribution in [0.4, 0.5) is 4.79 Å². The summed E-state index contributed by atoms with van der Waals surface area (Å²) in [6.45, 7) is 11.2. The minimum atomic E-state index is -0.0167. The molecule has 22 heavy (non-hydrogen) atoms. The second-order valence-corrected chi connectivity index (χ2v) is 7.51. The maximum absolute atomic E-state index is 12.2. The number of amides is 2. The SMILES string of the molecule is CC(C)COC1CCN(C(=O)NCc2nc(C(C)C)cs2)C1. The van der Waals surface area contributed by atoms with E-state index in [-0.39, 0.29) is 12.1 Å². The second-order valence-electron chi connectivity index (χ2n) is 6.56. The first-order chi connectivity index (χ1) is 10.5. The molecule has 1 aliphatic rings. The summed E-state index contributed by atoms with van der Waals surface area (Å²) in [6, 6.07) is -0.0167. The van der Waals surface area contributed by atoms with Crippen molar-refractivity contribution in [1.29, 1.82) is 0 Å². The van der Waals surface area contributed by atoms with E-state index in [1.807, 2.05) is 4.90 Å². The summed E-state index contributed by atoms with van der Waals surface area (Å²) >= 11 is 1.61. The Bertz CT molecular complexity index is 487. The molecule has 1 atom stereocenters. The van der Waals surface area contributed by atoms with Gasteiger partial charge < -0.3 is 15.0 Å². The van der Waals surface area contributed by atoms with Crippen LogP contribution < -0.4 is 5.32 Å². The Balaban J connectivity index is 1.73. The zero-order chi connectivity index (χ0) is 16.1. The van der Waals surface area contributed by atoms with Crippen molar-refractivity contribution in [3.05, 3.63) is 16.1 Å². The fourth-order valence-electron chi connectivity index (χ4n) is 2.31. The molecule has 0 saturated carbocycles. The van der Waals surface area contributed by atoms with Crippen LogP contribution in [0.1, 0.15) is 50.7 Å². The Morgan fingerprint density at radius 1 is 1.50 bits per heavy atom. The summed E-state index contributed by atoms with van der Waals surface area (Å²) in [4.78, 5) is 18.5. The van der Waals surface area contributed by atoms with E-state index in [0.29, 0.717) is 24.9 Å². The van der Waals surface area contributed by atoms with E-state index in [1.165, 1.54) is 0 Å². The number of hydrogen-bond donors (Lipinski definition) is 1. The van der Waals surface area contributed by atoms with Gasteiger partial charge in [-0.1, -0.05) is 27.7 Å². The highest BCUT2D eigenvalue weighted by molar-refractivity contribution is 7.09. The lowest BCUT2D eigenvalue weighted by Crippen LogP contribution is -2.38. The average Bonchev–Trinajstić information content (AvgIpc) is 3.11. The van der Waals surface area contributed by atoms with Gasteiger partial charge in [-0.2, -0.15) is 0 Å². The van der Waals surface area contributed by atoms with Gasteiger partial charge in [0.2, 0.25) is 0 Å². The first-order valence-corrected chi connectivity index (χ1v) is 8.92. The number of nitrogens with one attached hydrogen (secondary N) is 1. The van der Waals surface area contributed by atoms with Crippen LogP contribution >= 0.6 is 11.3 Å². The van der Waals surface area contributed by atoms with Gasteiger partial charge in [0.15, 0.2) is 0 Å². The molecule has 6 heteroatoms. The smallest absolute Gasteiger partial charge is 0.317 e. The van der Waals surface area contributed by atoms with E-state index in [4.69, 9.17) is 4.74 Å². The van der Waals surface area contributed by atoms with E-state index >= 15 is 0 Å². The molecule has 0 radical (unpaired) electrons.